The summed E-state index contributed by atoms with van der Waals surface area (Å²) in [5, 5.41) is 0. The maximum atomic E-state index is 11.9. The molecule has 1 N–H and O–H groups in total. The zero-order valence-corrected chi connectivity index (χ0v) is 13.5. The Morgan fingerprint density at radius 3 is 2.76 bits per heavy atom. The molecule has 0 bridgehead atoms. The van der Waals surface area contributed by atoms with Crippen LogP contribution in [0.25, 0.3) is 0 Å². The summed E-state index contributed by atoms with van der Waals surface area (Å²) in [6, 6.07) is -0.123. The Hall–Kier alpha value is -1.41. The predicted octanol–water partition coefficient (Wildman–Crippen LogP) is 0.248. The maximum Gasteiger partial charge on any atom is 0.322 e. The van der Waals surface area contributed by atoms with Crippen molar-refractivity contribution in [3.63, 3.8) is 0 Å². The number of rotatable bonds is 4. The average molecular weight is 315 g/mol. The third-order valence-corrected chi connectivity index (χ3v) is 5.21. The second-order valence-electron chi connectivity index (χ2n) is 5.45. The van der Waals surface area contributed by atoms with E-state index in [1.807, 2.05) is 25.7 Å². The molecule has 0 aromatic carbocycles. The summed E-state index contributed by atoms with van der Waals surface area (Å²) in [4.78, 5) is 17.7. The molecular formula is C13H21N3O4S. The van der Waals surface area contributed by atoms with Crippen LogP contribution >= 0.6 is 0 Å². The minimum absolute atomic E-state index is 0.127. The largest absolute Gasteiger partial charge is 0.468 e. The number of carbonyl (C=O) groups excluding carboxylic acids is 1. The molecule has 1 fully saturated rings. The predicted molar refractivity (Wildman–Crippen MR) is 79.3 cm³/mol. The summed E-state index contributed by atoms with van der Waals surface area (Å²) in [5.74, 6) is -0.514. The van der Waals surface area contributed by atoms with E-state index >= 15 is 0 Å². The van der Waals surface area contributed by atoms with Gasteiger partial charge in [0, 0.05) is 24.7 Å². The van der Waals surface area contributed by atoms with Crippen LogP contribution in [0.4, 0.5) is 0 Å². The van der Waals surface area contributed by atoms with Crippen LogP contribution in [0.15, 0.2) is 16.3 Å². The van der Waals surface area contributed by atoms with Crippen molar-refractivity contribution in [2.24, 2.45) is 4.99 Å². The van der Waals surface area contributed by atoms with Crippen molar-refractivity contribution in [3.8, 4) is 0 Å². The minimum atomic E-state index is -3.68. The van der Waals surface area contributed by atoms with Crippen LogP contribution in [-0.2, 0) is 19.6 Å². The van der Waals surface area contributed by atoms with Gasteiger partial charge in [-0.25, -0.2) is 13.1 Å². The van der Waals surface area contributed by atoms with Crippen LogP contribution < -0.4 is 4.72 Å². The molecule has 2 heterocycles. The second-order valence-corrected chi connectivity index (χ2v) is 7.20. The highest BCUT2D eigenvalue weighted by Crippen LogP contribution is 2.31. The highest BCUT2D eigenvalue weighted by molar-refractivity contribution is 7.90. The van der Waals surface area contributed by atoms with Crippen molar-refractivity contribution in [1.29, 1.82) is 0 Å². The van der Waals surface area contributed by atoms with Crippen LogP contribution in [0, 0.1) is 0 Å². The molecule has 2 rings (SSSR count). The smallest absolute Gasteiger partial charge is 0.322 e. The van der Waals surface area contributed by atoms with Crippen molar-refractivity contribution in [2.45, 2.75) is 39.3 Å². The van der Waals surface area contributed by atoms with E-state index < -0.39 is 21.7 Å². The normalized spacial score (nSPS) is 25.7. The summed E-state index contributed by atoms with van der Waals surface area (Å²) >= 11 is 0. The van der Waals surface area contributed by atoms with Gasteiger partial charge in [-0.1, -0.05) is 0 Å². The molecule has 2 atom stereocenters. The number of esters is 1. The lowest BCUT2D eigenvalue weighted by atomic mass is 10.0. The molecule has 118 valence electrons. The van der Waals surface area contributed by atoms with E-state index in [9.17, 15) is 13.2 Å². The fraction of sp³-hybridized carbons (Fsp3) is 0.692. The first kappa shape index (κ1) is 16.0. The van der Waals surface area contributed by atoms with Crippen molar-refractivity contribution in [2.75, 3.05) is 19.4 Å². The summed E-state index contributed by atoms with van der Waals surface area (Å²) < 4.78 is 30.8. The number of amidine groups is 1. The molecule has 1 unspecified atom stereocenters. The summed E-state index contributed by atoms with van der Waals surface area (Å²) in [5.41, 5.74) is 2.29. The Labute approximate surface area is 125 Å². The van der Waals surface area contributed by atoms with Crippen molar-refractivity contribution >= 4 is 21.8 Å². The molecule has 2 aliphatic heterocycles. The maximum absolute atomic E-state index is 11.9. The summed E-state index contributed by atoms with van der Waals surface area (Å²) in [7, 11) is -2.51. The van der Waals surface area contributed by atoms with Gasteiger partial charge in [0.15, 0.2) is 5.75 Å². The molecule has 1 saturated heterocycles. The lowest BCUT2D eigenvalue weighted by Gasteiger charge is -2.28. The van der Waals surface area contributed by atoms with Gasteiger partial charge in [0.05, 0.1) is 13.2 Å². The Morgan fingerprint density at radius 1 is 1.48 bits per heavy atom. The molecule has 0 aromatic heterocycles. The van der Waals surface area contributed by atoms with Crippen LogP contribution in [0.3, 0.4) is 0 Å². The molecule has 0 radical (unpaired) electrons. The second kappa shape index (κ2) is 5.76. The average Bonchev–Trinajstić information content (AvgIpc) is 2.79. The summed E-state index contributed by atoms with van der Waals surface area (Å²) in [6.07, 6.45) is 0.615. The van der Waals surface area contributed by atoms with Gasteiger partial charge < -0.3 is 9.64 Å². The number of ether oxygens (including phenoxy) is 1. The highest BCUT2D eigenvalue weighted by Gasteiger charge is 2.35. The molecule has 0 spiro atoms. The Morgan fingerprint density at radius 2 is 2.14 bits per heavy atom. The number of hydrogen-bond acceptors (Lipinski definition) is 6. The number of carbonyl (C=O) groups is 1. The number of methoxy groups -OCH3 is 1. The molecule has 0 aromatic rings. The fourth-order valence-corrected chi connectivity index (χ4v) is 3.89. The molecule has 0 aliphatic carbocycles. The fourth-order valence-electron chi connectivity index (χ4n) is 2.72. The Bertz CT molecular complexity index is 609. The van der Waals surface area contributed by atoms with Crippen LogP contribution in [-0.4, -0.2) is 56.6 Å². The van der Waals surface area contributed by atoms with Gasteiger partial charge in [0.1, 0.15) is 5.84 Å². The van der Waals surface area contributed by atoms with Crippen LogP contribution in [0.2, 0.25) is 0 Å². The number of hydrogen-bond donors (Lipinski definition) is 1. The quantitative estimate of drug-likeness (QED) is 0.751. The minimum Gasteiger partial charge on any atom is -0.468 e. The van der Waals surface area contributed by atoms with Gasteiger partial charge in [0.2, 0.25) is 10.0 Å². The van der Waals surface area contributed by atoms with E-state index in [1.165, 1.54) is 7.11 Å². The third-order valence-electron chi connectivity index (χ3n) is 3.90. The molecule has 0 saturated carbocycles. The van der Waals surface area contributed by atoms with E-state index in [2.05, 4.69) is 14.5 Å². The molecule has 2 aliphatic rings. The number of nitrogens with one attached hydrogen (secondary N) is 1. The monoisotopic (exact) mass is 315 g/mol. The van der Waals surface area contributed by atoms with Crippen molar-refractivity contribution in [3.05, 3.63) is 11.3 Å². The Kier molecular flexibility index (Phi) is 4.38. The Balaban J connectivity index is 2.09. The molecule has 21 heavy (non-hydrogen) atoms. The first-order valence-electron chi connectivity index (χ1n) is 6.82. The molecule has 8 heteroatoms. The van der Waals surface area contributed by atoms with Crippen molar-refractivity contribution < 1.29 is 17.9 Å². The van der Waals surface area contributed by atoms with Gasteiger partial charge >= 0.3 is 5.97 Å². The van der Waals surface area contributed by atoms with Crippen molar-refractivity contribution in [1.82, 2.24) is 9.62 Å². The zero-order chi connectivity index (χ0) is 15.8. The van der Waals surface area contributed by atoms with Gasteiger partial charge in [-0.05, 0) is 26.3 Å². The number of nitrogens with zero attached hydrogens (tertiary/aromatic N) is 2. The van der Waals surface area contributed by atoms with E-state index in [1.54, 1.807) is 0 Å². The lowest BCUT2D eigenvalue weighted by Crippen LogP contribution is -2.41. The van der Waals surface area contributed by atoms with E-state index in [4.69, 9.17) is 0 Å². The van der Waals surface area contributed by atoms with Crippen LogP contribution in [0.1, 0.15) is 27.2 Å². The molecular weight excluding hydrogens is 294 g/mol. The van der Waals surface area contributed by atoms with Gasteiger partial charge in [-0.15, -0.1) is 0 Å². The van der Waals surface area contributed by atoms with Gasteiger partial charge in [0.25, 0.3) is 0 Å². The third kappa shape index (κ3) is 3.44. The number of aliphatic imine (C=N–C) groups is 1. The van der Waals surface area contributed by atoms with Gasteiger partial charge in [-0.2, -0.15) is 0 Å². The molecule has 0 amide bonds. The topological polar surface area (TPSA) is 88.1 Å². The first-order chi connectivity index (χ1) is 9.73. The molecule has 7 nitrogen and oxygen atoms in total. The highest BCUT2D eigenvalue weighted by atomic mass is 32.2. The zero-order valence-electron chi connectivity index (χ0n) is 12.7. The first-order valence-corrected chi connectivity index (χ1v) is 8.47. The van der Waals surface area contributed by atoms with E-state index in [0.29, 0.717) is 13.0 Å². The lowest BCUT2D eigenvalue weighted by molar-refractivity contribution is -0.137. The standard InChI is InChI=1S/C13H21N3O4S/c1-8-9(2)14-10(3)16-6-11(5-12(8)16)15-21(18,19)7-13(17)20-4/h9,11,15H,5-7H2,1-4H3/t9-,11?/m1/s1. The van der Waals surface area contributed by atoms with Gasteiger partial charge in [-0.3, -0.25) is 9.79 Å². The van der Waals surface area contributed by atoms with Crippen LogP contribution in [0.5, 0.6) is 0 Å². The number of sulfonamides is 1. The summed E-state index contributed by atoms with van der Waals surface area (Å²) in [6.45, 7) is 6.51. The van der Waals surface area contributed by atoms with E-state index in [0.717, 1.165) is 17.1 Å². The SMILES string of the molecule is COC(=O)CS(=O)(=O)NC1CC2=C(C)[C@@H](C)N=C(C)N2C1. The number of fused-ring (bicyclic) bond motifs is 1. The van der Waals surface area contributed by atoms with E-state index in [-0.39, 0.29) is 12.1 Å².